The lowest BCUT2D eigenvalue weighted by Crippen LogP contribution is -2.08. The molecule has 0 aliphatic rings. The summed E-state index contributed by atoms with van der Waals surface area (Å²) in [5.41, 5.74) is 2.86. The van der Waals surface area contributed by atoms with Gasteiger partial charge in [-0.05, 0) is 31.0 Å². The third kappa shape index (κ3) is 2.25. The number of amides is 1. The van der Waals surface area contributed by atoms with Crippen LogP contribution in [0.1, 0.15) is 18.1 Å². The lowest BCUT2D eigenvalue weighted by Gasteiger charge is -2.12. The number of benzene rings is 1. The summed E-state index contributed by atoms with van der Waals surface area (Å²) in [6.07, 6.45) is 0. The van der Waals surface area contributed by atoms with Gasteiger partial charge in [-0.2, -0.15) is 0 Å². The van der Waals surface area contributed by atoms with Crippen LogP contribution in [0.25, 0.3) is 0 Å². The number of carbonyl (C=O) groups is 1. The molecule has 1 aromatic rings. The molecular weight excluding hydrogens is 178 g/mol. The molecule has 0 saturated carbocycles. The standard InChI is InChI=1S/C11H15NO2/c1-7-5-8(2)11(14-4)10(6-7)12-9(3)13/h5-6H,1-4H3,(H,12,13). The van der Waals surface area contributed by atoms with Crippen LogP contribution < -0.4 is 10.1 Å². The zero-order valence-corrected chi connectivity index (χ0v) is 8.97. The van der Waals surface area contributed by atoms with E-state index in [0.29, 0.717) is 0 Å². The molecule has 1 amide bonds. The monoisotopic (exact) mass is 193 g/mol. The number of ether oxygens (including phenoxy) is 1. The largest absolute Gasteiger partial charge is 0.494 e. The molecule has 1 N–H and O–H groups in total. The predicted octanol–water partition coefficient (Wildman–Crippen LogP) is 2.27. The molecule has 1 rings (SSSR count). The number of hydrogen-bond donors (Lipinski definition) is 1. The molecule has 14 heavy (non-hydrogen) atoms. The fourth-order valence-electron chi connectivity index (χ4n) is 1.51. The van der Waals surface area contributed by atoms with Crippen LogP contribution in [-0.2, 0) is 4.79 Å². The zero-order valence-electron chi connectivity index (χ0n) is 8.97. The predicted molar refractivity (Wildman–Crippen MR) is 56.8 cm³/mol. The van der Waals surface area contributed by atoms with E-state index in [9.17, 15) is 4.79 Å². The number of nitrogens with one attached hydrogen (secondary N) is 1. The minimum atomic E-state index is -0.0895. The van der Waals surface area contributed by atoms with Crippen molar-refractivity contribution in [2.45, 2.75) is 20.8 Å². The van der Waals surface area contributed by atoms with Crippen molar-refractivity contribution in [2.75, 3.05) is 12.4 Å². The molecule has 0 bridgehead atoms. The Balaban J connectivity index is 3.17. The van der Waals surface area contributed by atoms with Gasteiger partial charge in [0.2, 0.25) is 5.91 Å². The van der Waals surface area contributed by atoms with E-state index in [2.05, 4.69) is 5.32 Å². The fraction of sp³-hybridized carbons (Fsp3) is 0.364. The van der Waals surface area contributed by atoms with E-state index in [1.807, 2.05) is 26.0 Å². The minimum Gasteiger partial charge on any atom is -0.494 e. The molecule has 0 fully saturated rings. The lowest BCUT2D eigenvalue weighted by molar-refractivity contribution is -0.114. The van der Waals surface area contributed by atoms with Crippen LogP contribution in [-0.4, -0.2) is 13.0 Å². The number of hydrogen-bond acceptors (Lipinski definition) is 2. The maximum absolute atomic E-state index is 10.9. The second-order valence-corrected chi connectivity index (χ2v) is 3.34. The molecular formula is C11H15NO2. The quantitative estimate of drug-likeness (QED) is 0.782. The van der Waals surface area contributed by atoms with E-state index in [0.717, 1.165) is 22.6 Å². The van der Waals surface area contributed by atoms with Crippen LogP contribution in [0.5, 0.6) is 5.75 Å². The van der Waals surface area contributed by atoms with E-state index >= 15 is 0 Å². The average Bonchev–Trinajstić information content (AvgIpc) is 2.01. The van der Waals surface area contributed by atoms with Gasteiger partial charge in [0.25, 0.3) is 0 Å². The maximum atomic E-state index is 10.9. The Kier molecular flexibility index (Phi) is 3.12. The minimum absolute atomic E-state index is 0.0895. The summed E-state index contributed by atoms with van der Waals surface area (Å²) in [5, 5.41) is 2.74. The van der Waals surface area contributed by atoms with Crippen LogP contribution in [0, 0.1) is 13.8 Å². The van der Waals surface area contributed by atoms with Gasteiger partial charge in [-0.1, -0.05) is 6.07 Å². The molecule has 0 atom stereocenters. The Morgan fingerprint density at radius 3 is 2.50 bits per heavy atom. The molecule has 0 saturated heterocycles. The van der Waals surface area contributed by atoms with Crippen LogP contribution in [0.4, 0.5) is 5.69 Å². The number of carbonyl (C=O) groups excluding carboxylic acids is 1. The summed E-state index contributed by atoms with van der Waals surface area (Å²) < 4.78 is 5.22. The van der Waals surface area contributed by atoms with Gasteiger partial charge in [0, 0.05) is 6.92 Å². The lowest BCUT2D eigenvalue weighted by atomic mass is 10.1. The van der Waals surface area contributed by atoms with Crippen LogP contribution in [0.15, 0.2) is 12.1 Å². The maximum Gasteiger partial charge on any atom is 0.221 e. The summed E-state index contributed by atoms with van der Waals surface area (Å²) in [5.74, 6) is 0.638. The molecule has 0 unspecified atom stereocenters. The Hall–Kier alpha value is -1.51. The van der Waals surface area contributed by atoms with E-state index < -0.39 is 0 Å². The van der Waals surface area contributed by atoms with Gasteiger partial charge < -0.3 is 10.1 Å². The first-order valence-corrected chi connectivity index (χ1v) is 4.47. The number of methoxy groups -OCH3 is 1. The van der Waals surface area contributed by atoms with E-state index in [1.54, 1.807) is 7.11 Å². The van der Waals surface area contributed by atoms with Gasteiger partial charge in [0.1, 0.15) is 5.75 Å². The summed E-state index contributed by atoms with van der Waals surface area (Å²) in [7, 11) is 1.60. The topological polar surface area (TPSA) is 38.3 Å². The first-order chi connectivity index (χ1) is 6.54. The molecule has 0 aromatic heterocycles. The highest BCUT2D eigenvalue weighted by Gasteiger charge is 2.07. The summed E-state index contributed by atoms with van der Waals surface area (Å²) in [6, 6.07) is 3.91. The Morgan fingerprint density at radius 2 is 2.00 bits per heavy atom. The summed E-state index contributed by atoms with van der Waals surface area (Å²) >= 11 is 0. The molecule has 0 spiro atoms. The fourth-order valence-corrected chi connectivity index (χ4v) is 1.51. The van der Waals surface area contributed by atoms with E-state index in [1.165, 1.54) is 6.92 Å². The van der Waals surface area contributed by atoms with Crippen molar-refractivity contribution in [2.24, 2.45) is 0 Å². The van der Waals surface area contributed by atoms with Crippen molar-refractivity contribution in [1.82, 2.24) is 0 Å². The van der Waals surface area contributed by atoms with Gasteiger partial charge in [0.15, 0.2) is 0 Å². The first-order valence-electron chi connectivity index (χ1n) is 4.47. The molecule has 3 nitrogen and oxygen atoms in total. The molecule has 3 heteroatoms. The third-order valence-electron chi connectivity index (χ3n) is 1.93. The van der Waals surface area contributed by atoms with Crippen molar-refractivity contribution in [3.8, 4) is 5.75 Å². The smallest absolute Gasteiger partial charge is 0.221 e. The van der Waals surface area contributed by atoms with Crippen molar-refractivity contribution < 1.29 is 9.53 Å². The van der Waals surface area contributed by atoms with E-state index in [4.69, 9.17) is 4.74 Å². The number of aryl methyl sites for hydroxylation is 2. The third-order valence-corrected chi connectivity index (χ3v) is 1.93. The Bertz CT molecular complexity index is 359. The molecule has 0 heterocycles. The van der Waals surface area contributed by atoms with Gasteiger partial charge in [-0.3, -0.25) is 4.79 Å². The normalized spacial score (nSPS) is 9.71. The number of anilines is 1. The SMILES string of the molecule is COc1c(C)cc(C)cc1NC(C)=O. The van der Waals surface area contributed by atoms with Crippen molar-refractivity contribution in [1.29, 1.82) is 0 Å². The first kappa shape index (κ1) is 10.6. The molecule has 76 valence electrons. The van der Waals surface area contributed by atoms with Crippen molar-refractivity contribution in [3.63, 3.8) is 0 Å². The highest BCUT2D eigenvalue weighted by Crippen LogP contribution is 2.29. The van der Waals surface area contributed by atoms with Crippen LogP contribution >= 0.6 is 0 Å². The molecule has 0 aliphatic carbocycles. The molecule has 0 aliphatic heterocycles. The highest BCUT2D eigenvalue weighted by molar-refractivity contribution is 5.90. The van der Waals surface area contributed by atoms with E-state index in [-0.39, 0.29) is 5.91 Å². The summed E-state index contributed by atoms with van der Waals surface area (Å²) in [4.78, 5) is 10.9. The molecule has 0 radical (unpaired) electrons. The van der Waals surface area contributed by atoms with Gasteiger partial charge >= 0.3 is 0 Å². The average molecular weight is 193 g/mol. The van der Waals surface area contributed by atoms with Crippen molar-refractivity contribution >= 4 is 11.6 Å². The van der Waals surface area contributed by atoms with Gasteiger partial charge in [-0.15, -0.1) is 0 Å². The number of rotatable bonds is 2. The second-order valence-electron chi connectivity index (χ2n) is 3.34. The van der Waals surface area contributed by atoms with Crippen LogP contribution in [0.2, 0.25) is 0 Å². The van der Waals surface area contributed by atoms with Gasteiger partial charge in [0.05, 0.1) is 12.8 Å². The highest BCUT2D eigenvalue weighted by atomic mass is 16.5. The molecule has 1 aromatic carbocycles. The zero-order chi connectivity index (χ0) is 10.7. The second kappa shape index (κ2) is 4.13. The summed E-state index contributed by atoms with van der Waals surface area (Å²) in [6.45, 7) is 5.42. The van der Waals surface area contributed by atoms with Gasteiger partial charge in [-0.25, -0.2) is 0 Å². The van der Waals surface area contributed by atoms with Crippen molar-refractivity contribution in [3.05, 3.63) is 23.3 Å². The Labute approximate surface area is 84.1 Å². The Morgan fingerprint density at radius 1 is 1.36 bits per heavy atom. The van der Waals surface area contributed by atoms with Crippen LogP contribution in [0.3, 0.4) is 0 Å².